The number of rotatable bonds is 4. The van der Waals surface area contributed by atoms with Gasteiger partial charge >= 0.3 is 0 Å². The molecule has 0 aromatic heterocycles. The molecule has 0 aliphatic heterocycles. The number of carboxylic acid groups (broad SMARTS) is 1. The van der Waals surface area contributed by atoms with Crippen molar-refractivity contribution in [2.75, 3.05) is 4.72 Å². The van der Waals surface area contributed by atoms with E-state index >= 15 is 0 Å². The second kappa shape index (κ2) is 5.71. The van der Waals surface area contributed by atoms with Crippen LogP contribution < -0.4 is 9.83 Å². The van der Waals surface area contributed by atoms with Gasteiger partial charge in [0.15, 0.2) is 0 Å². The number of benzene rings is 2. The molecule has 0 aliphatic carbocycles. The molecule has 0 fully saturated rings. The van der Waals surface area contributed by atoms with Crippen molar-refractivity contribution in [2.45, 2.75) is 4.90 Å². The summed E-state index contributed by atoms with van der Waals surface area (Å²) in [5.41, 5.74) is -0.712. The maximum atomic E-state index is 13.2. The number of carbonyl (C=O) groups excluding carboxylic acids is 1. The van der Waals surface area contributed by atoms with Crippen LogP contribution in [0.15, 0.2) is 47.4 Å². The Labute approximate surface area is 125 Å². The second-order valence-corrected chi connectivity index (χ2v) is 6.10. The lowest BCUT2D eigenvalue weighted by atomic mass is 10.2. The second-order valence-electron chi connectivity index (χ2n) is 4.01. The Hall–Kier alpha value is -2.12. The highest BCUT2D eigenvalue weighted by atomic mass is 35.5. The van der Waals surface area contributed by atoms with Crippen molar-refractivity contribution in [2.24, 2.45) is 0 Å². The van der Waals surface area contributed by atoms with Crippen molar-refractivity contribution < 1.29 is 22.7 Å². The van der Waals surface area contributed by atoms with E-state index in [1.165, 1.54) is 12.1 Å². The number of hydrogen-bond acceptors (Lipinski definition) is 4. The number of halogens is 2. The van der Waals surface area contributed by atoms with E-state index in [2.05, 4.69) is 4.72 Å². The largest absolute Gasteiger partial charge is 0.545 e. The van der Waals surface area contributed by atoms with Crippen LogP contribution in [0.5, 0.6) is 0 Å². The highest BCUT2D eigenvalue weighted by Gasteiger charge is 2.18. The van der Waals surface area contributed by atoms with Gasteiger partial charge in [0.25, 0.3) is 10.0 Å². The molecule has 0 saturated heterocycles. The first-order valence-corrected chi connectivity index (χ1v) is 7.45. The van der Waals surface area contributed by atoms with E-state index in [1.807, 2.05) is 0 Å². The molecule has 0 bridgehead atoms. The third kappa shape index (κ3) is 3.32. The molecule has 1 N–H and O–H groups in total. The Morgan fingerprint density at radius 3 is 2.48 bits per heavy atom. The van der Waals surface area contributed by atoms with Crippen molar-refractivity contribution in [3.63, 3.8) is 0 Å². The van der Waals surface area contributed by atoms with Crippen molar-refractivity contribution >= 4 is 33.3 Å². The molecule has 110 valence electrons. The van der Waals surface area contributed by atoms with E-state index in [0.29, 0.717) is 6.07 Å². The molecule has 5 nitrogen and oxygen atoms in total. The van der Waals surface area contributed by atoms with E-state index in [4.69, 9.17) is 11.6 Å². The van der Waals surface area contributed by atoms with Crippen LogP contribution in [0.4, 0.5) is 10.1 Å². The third-order valence-electron chi connectivity index (χ3n) is 2.59. The fourth-order valence-corrected chi connectivity index (χ4v) is 2.92. The molecule has 0 unspecified atom stereocenters. The molecule has 0 radical (unpaired) electrons. The summed E-state index contributed by atoms with van der Waals surface area (Å²) in [6.07, 6.45) is 0. The summed E-state index contributed by atoms with van der Waals surface area (Å²) in [6.45, 7) is 0. The molecule has 8 heteroatoms. The normalized spacial score (nSPS) is 11.1. The molecular formula is C13H8ClFNO4S-. The number of carbonyl (C=O) groups is 1. The van der Waals surface area contributed by atoms with E-state index in [9.17, 15) is 22.7 Å². The Balaban J connectivity index is 2.43. The zero-order valence-corrected chi connectivity index (χ0v) is 11.9. The maximum Gasteiger partial charge on any atom is 0.261 e. The molecule has 0 aliphatic rings. The summed E-state index contributed by atoms with van der Waals surface area (Å²) in [5.74, 6) is -2.88. The van der Waals surface area contributed by atoms with Gasteiger partial charge in [-0.1, -0.05) is 23.7 Å². The Morgan fingerprint density at radius 1 is 1.19 bits per heavy atom. The van der Waals surface area contributed by atoms with Gasteiger partial charge in [-0.05, 0) is 30.3 Å². The first-order chi connectivity index (χ1) is 9.81. The van der Waals surface area contributed by atoms with Crippen LogP contribution >= 0.6 is 11.6 Å². The van der Waals surface area contributed by atoms with Gasteiger partial charge in [0.1, 0.15) is 5.82 Å². The van der Waals surface area contributed by atoms with Gasteiger partial charge in [-0.25, -0.2) is 12.8 Å². The first-order valence-electron chi connectivity index (χ1n) is 5.59. The fraction of sp³-hybridized carbons (Fsp3) is 0. The van der Waals surface area contributed by atoms with Gasteiger partial charge in [-0.3, -0.25) is 4.72 Å². The number of hydrogen-bond donors (Lipinski definition) is 1. The quantitative estimate of drug-likeness (QED) is 0.924. The fourth-order valence-electron chi connectivity index (χ4n) is 1.58. The van der Waals surface area contributed by atoms with Gasteiger partial charge in [-0.15, -0.1) is 0 Å². The smallest absolute Gasteiger partial charge is 0.261 e. The minimum atomic E-state index is -4.10. The van der Waals surface area contributed by atoms with E-state index < -0.39 is 32.3 Å². The zero-order valence-electron chi connectivity index (χ0n) is 10.3. The molecule has 0 atom stereocenters. The Kier molecular flexibility index (Phi) is 4.15. The lowest BCUT2D eigenvalue weighted by Crippen LogP contribution is -2.24. The minimum Gasteiger partial charge on any atom is -0.545 e. The summed E-state index contributed by atoms with van der Waals surface area (Å²) in [5, 5.41) is 10.9. The lowest BCUT2D eigenvalue weighted by molar-refractivity contribution is -0.255. The SMILES string of the molecule is O=C([O-])c1cc(S(=O)(=O)Nc2ccccc2Cl)ccc1F. The standard InChI is InChI=1S/C13H9ClFNO4S/c14-10-3-1-2-4-12(10)16-21(19,20)8-5-6-11(15)9(7-8)13(17)18/h1-7,16H,(H,17,18)/p-1. The summed E-state index contributed by atoms with van der Waals surface area (Å²) < 4.78 is 39.7. The van der Waals surface area contributed by atoms with E-state index in [-0.39, 0.29) is 10.7 Å². The van der Waals surface area contributed by atoms with Gasteiger partial charge < -0.3 is 9.90 Å². The summed E-state index contributed by atoms with van der Waals surface area (Å²) >= 11 is 5.83. The average molecular weight is 329 g/mol. The monoisotopic (exact) mass is 328 g/mol. The van der Waals surface area contributed by atoms with Gasteiger partial charge in [0, 0.05) is 5.56 Å². The van der Waals surface area contributed by atoms with Crippen LogP contribution in [0.2, 0.25) is 5.02 Å². The van der Waals surface area contributed by atoms with Crippen molar-refractivity contribution in [1.29, 1.82) is 0 Å². The minimum absolute atomic E-state index is 0.124. The van der Waals surface area contributed by atoms with Crippen molar-refractivity contribution in [3.05, 3.63) is 58.9 Å². The van der Waals surface area contributed by atoms with Crippen LogP contribution in [0, 0.1) is 5.82 Å². The number of sulfonamides is 1. The van der Waals surface area contributed by atoms with Crippen LogP contribution in [0.3, 0.4) is 0 Å². The van der Waals surface area contributed by atoms with Crippen LogP contribution in [-0.2, 0) is 10.0 Å². The number of nitrogens with one attached hydrogen (secondary N) is 1. The molecular weight excluding hydrogens is 321 g/mol. The molecule has 0 heterocycles. The molecule has 0 saturated carbocycles. The van der Waals surface area contributed by atoms with Crippen LogP contribution in [0.1, 0.15) is 10.4 Å². The highest BCUT2D eigenvalue weighted by Crippen LogP contribution is 2.24. The van der Waals surface area contributed by atoms with Crippen LogP contribution in [0.25, 0.3) is 0 Å². The van der Waals surface area contributed by atoms with Crippen LogP contribution in [-0.4, -0.2) is 14.4 Å². The first kappa shape index (κ1) is 15.3. The highest BCUT2D eigenvalue weighted by molar-refractivity contribution is 7.92. The summed E-state index contributed by atoms with van der Waals surface area (Å²) in [7, 11) is -4.10. The average Bonchev–Trinajstić information content (AvgIpc) is 2.41. The molecule has 2 aromatic rings. The van der Waals surface area contributed by atoms with Gasteiger partial charge in [0.2, 0.25) is 0 Å². The number of aromatic carboxylic acids is 1. The predicted octanol–water partition coefficient (Wildman–Crippen LogP) is 1.64. The van der Waals surface area contributed by atoms with Crippen molar-refractivity contribution in [3.8, 4) is 0 Å². The van der Waals surface area contributed by atoms with E-state index in [0.717, 1.165) is 12.1 Å². The number of carboxylic acids is 1. The van der Waals surface area contributed by atoms with E-state index in [1.54, 1.807) is 12.1 Å². The lowest BCUT2D eigenvalue weighted by Gasteiger charge is -2.11. The third-order valence-corrected chi connectivity index (χ3v) is 4.28. The Bertz CT molecular complexity index is 808. The Morgan fingerprint density at radius 2 is 1.86 bits per heavy atom. The molecule has 2 rings (SSSR count). The zero-order chi connectivity index (χ0) is 15.6. The molecule has 2 aromatic carbocycles. The number of anilines is 1. The summed E-state index contributed by atoms with van der Waals surface area (Å²) in [4.78, 5) is 10.3. The van der Waals surface area contributed by atoms with Gasteiger partial charge in [-0.2, -0.15) is 0 Å². The van der Waals surface area contributed by atoms with Crippen molar-refractivity contribution in [1.82, 2.24) is 0 Å². The summed E-state index contributed by atoms with van der Waals surface area (Å²) in [6, 6.07) is 8.48. The van der Waals surface area contributed by atoms with Gasteiger partial charge in [0.05, 0.1) is 21.6 Å². The number of para-hydroxylation sites is 1. The molecule has 21 heavy (non-hydrogen) atoms. The topological polar surface area (TPSA) is 86.3 Å². The predicted molar refractivity (Wildman–Crippen MR) is 73.0 cm³/mol. The maximum absolute atomic E-state index is 13.2. The molecule has 0 spiro atoms. The molecule has 0 amide bonds.